The van der Waals surface area contributed by atoms with Crippen LogP contribution < -0.4 is 0 Å². The van der Waals surface area contributed by atoms with Crippen molar-refractivity contribution in [3.05, 3.63) is 59.7 Å². The molecule has 3 aromatic heterocycles. The largest absolute Gasteiger partial charge is 0.457 e. The molecular weight excluding hydrogens is 344 g/mol. The zero-order chi connectivity index (χ0) is 19.0. The van der Waals surface area contributed by atoms with E-state index < -0.39 is 5.97 Å². The van der Waals surface area contributed by atoms with Crippen molar-refractivity contribution in [2.75, 3.05) is 0 Å². The van der Waals surface area contributed by atoms with E-state index in [0.717, 1.165) is 16.5 Å². The van der Waals surface area contributed by atoms with Crippen molar-refractivity contribution in [3.63, 3.8) is 0 Å². The molecule has 0 bridgehead atoms. The van der Waals surface area contributed by atoms with E-state index in [1.165, 1.54) is 4.68 Å². The van der Waals surface area contributed by atoms with Crippen molar-refractivity contribution in [2.45, 2.75) is 26.4 Å². The summed E-state index contributed by atoms with van der Waals surface area (Å²) >= 11 is 0. The van der Waals surface area contributed by atoms with Crippen LogP contribution in [0.15, 0.2) is 42.7 Å². The van der Waals surface area contributed by atoms with Gasteiger partial charge in [0.2, 0.25) is 0 Å². The quantitative estimate of drug-likeness (QED) is 0.550. The third-order valence-electron chi connectivity index (χ3n) is 4.49. The van der Waals surface area contributed by atoms with E-state index in [-0.39, 0.29) is 11.8 Å². The van der Waals surface area contributed by atoms with Crippen LogP contribution in [0.4, 0.5) is 0 Å². The number of para-hydroxylation sites is 1. The van der Waals surface area contributed by atoms with Gasteiger partial charge in [0.05, 0.1) is 5.69 Å². The van der Waals surface area contributed by atoms with Crippen molar-refractivity contribution in [1.82, 2.24) is 29.8 Å². The monoisotopic (exact) mass is 364 g/mol. The SMILES string of the molecule is Cc1c(C(=O)OC(C)Cc2c[nH]c3ccccc23)nnn1-c1ccn(C)n1. The highest BCUT2D eigenvalue weighted by atomic mass is 16.5. The lowest BCUT2D eigenvalue weighted by Crippen LogP contribution is -2.18. The molecule has 8 heteroatoms. The molecule has 8 nitrogen and oxygen atoms in total. The number of benzene rings is 1. The fourth-order valence-corrected chi connectivity index (χ4v) is 3.14. The maximum atomic E-state index is 12.5. The second-order valence-electron chi connectivity index (χ2n) is 6.56. The molecule has 3 heterocycles. The Hall–Kier alpha value is -3.42. The molecule has 1 N–H and O–H groups in total. The molecule has 0 aliphatic heterocycles. The Morgan fingerprint density at radius 2 is 2.11 bits per heavy atom. The Kier molecular flexibility index (Phi) is 4.23. The fourth-order valence-electron chi connectivity index (χ4n) is 3.14. The number of nitrogens with zero attached hydrogens (tertiary/aromatic N) is 5. The van der Waals surface area contributed by atoms with Gasteiger partial charge in [-0.25, -0.2) is 4.79 Å². The third kappa shape index (κ3) is 3.21. The van der Waals surface area contributed by atoms with E-state index >= 15 is 0 Å². The van der Waals surface area contributed by atoms with Crippen molar-refractivity contribution >= 4 is 16.9 Å². The zero-order valence-electron chi connectivity index (χ0n) is 15.4. The van der Waals surface area contributed by atoms with Gasteiger partial charge in [-0.1, -0.05) is 23.4 Å². The maximum Gasteiger partial charge on any atom is 0.361 e. The summed E-state index contributed by atoms with van der Waals surface area (Å²) in [6.45, 7) is 3.65. The van der Waals surface area contributed by atoms with Crippen molar-refractivity contribution < 1.29 is 9.53 Å². The van der Waals surface area contributed by atoms with Crippen molar-refractivity contribution in [1.29, 1.82) is 0 Å². The summed E-state index contributed by atoms with van der Waals surface area (Å²) in [7, 11) is 1.82. The van der Waals surface area contributed by atoms with E-state index in [1.54, 1.807) is 23.9 Å². The van der Waals surface area contributed by atoms with Gasteiger partial charge in [0.15, 0.2) is 11.5 Å². The van der Waals surface area contributed by atoms with E-state index in [2.05, 4.69) is 26.5 Å². The number of hydrogen-bond donors (Lipinski definition) is 1. The van der Waals surface area contributed by atoms with Crippen molar-refractivity contribution in [2.24, 2.45) is 7.05 Å². The first-order valence-corrected chi connectivity index (χ1v) is 8.71. The van der Waals surface area contributed by atoms with Gasteiger partial charge in [0, 0.05) is 42.8 Å². The average Bonchev–Trinajstić information content (AvgIpc) is 3.34. The molecule has 0 aliphatic carbocycles. The zero-order valence-corrected chi connectivity index (χ0v) is 15.4. The van der Waals surface area contributed by atoms with Crippen LogP contribution in [0.25, 0.3) is 16.7 Å². The highest BCUT2D eigenvalue weighted by molar-refractivity contribution is 5.88. The molecule has 4 aromatic rings. The van der Waals surface area contributed by atoms with Crippen LogP contribution in [0.2, 0.25) is 0 Å². The van der Waals surface area contributed by atoms with Crippen LogP contribution in [0.5, 0.6) is 0 Å². The number of aryl methyl sites for hydroxylation is 1. The minimum absolute atomic E-state index is 0.200. The molecule has 0 saturated carbocycles. The number of aromatic nitrogens is 6. The summed E-state index contributed by atoms with van der Waals surface area (Å²) in [6.07, 6.45) is 4.08. The minimum atomic E-state index is -0.484. The standard InChI is InChI=1S/C19H20N6O2/c1-12(10-14-11-20-16-7-5-4-6-15(14)16)27-19(26)18-13(2)25(23-21-18)17-8-9-24(3)22-17/h4-9,11-12,20H,10H2,1-3H3. The molecule has 1 aromatic carbocycles. The Balaban J connectivity index is 1.48. The van der Waals surface area contributed by atoms with Gasteiger partial charge in [0.1, 0.15) is 6.10 Å². The predicted molar refractivity (Wildman–Crippen MR) is 99.7 cm³/mol. The lowest BCUT2D eigenvalue weighted by molar-refractivity contribution is 0.0335. The molecule has 0 saturated heterocycles. The predicted octanol–water partition coefficient (Wildman–Crippen LogP) is 2.58. The van der Waals surface area contributed by atoms with E-state index in [0.29, 0.717) is 17.9 Å². The van der Waals surface area contributed by atoms with Crippen LogP contribution in [0, 0.1) is 6.92 Å². The molecule has 0 spiro atoms. The first-order valence-electron chi connectivity index (χ1n) is 8.71. The molecule has 27 heavy (non-hydrogen) atoms. The summed E-state index contributed by atoms with van der Waals surface area (Å²) in [4.78, 5) is 15.8. The summed E-state index contributed by atoms with van der Waals surface area (Å²) in [6, 6.07) is 9.86. The van der Waals surface area contributed by atoms with Crippen LogP contribution in [0.1, 0.15) is 28.7 Å². The van der Waals surface area contributed by atoms with Gasteiger partial charge in [-0.05, 0) is 25.5 Å². The molecule has 4 rings (SSSR count). The Bertz CT molecular complexity index is 1110. The number of esters is 1. The highest BCUT2D eigenvalue weighted by Gasteiger charge is 2.22. The molecule has 0 fully saturated rings. The summed E-state index contributed by atoms with van der Waals surface area (Å²) < 4.78 is 8.79. The maximum absolute atomic E-state index is 12.5. The van der Waals surface area contributed by atoms with Gasteiger partial charge in [-0.2, -0.15) is 9.78 Å². The number of ether oxygens (including phenoxy) is 1. The van der Waals surface area contributed by atoms with Crippen LogP contribution in [-0.2, 0) is 18.2 Å². The Morgan fingerprint density at radius 3 is 2.89 bits per heavy atom. The van der Waals surface area contributed by atoms with E-state index in [4.69, 9.17) is 4.74 Å². The normalized spacial score (nSPS) is 12.4. The molecular formula is C19H20N6O2. The van der Waals surface area contributed by atoms with Gasteiger partial charge in [-0.3, -0.25) is 4.68 Å². The topological polar surface area (TPSA) is 90.6 Å². The molecule has 1 atom stereocenters. The summed E-state index contributed by atoms with van der Waals surface area (Å²) in [5, 5.41) is 13.4. The Labute approximate surface area is 155 Å². The highest BCUT2D eigenvalue weighted by Crippen LogP contribution is 2.20. The first-order chi connectivity index (χ1) is 13.0. The van der Waals surface area contributed by atoms with E-state index in [9.17, 15) is 4.79 Å². The number of nitrogens with one attached hydrogen (secondary N) is 1. The van der Waals surface area contributed by atoms with Crippen LogP contribution >= 0.6 is 0 Å². The average molecular weight is 364 g/mol. The second-order valence-corrected chi connectivity index (χ2v) is 6.56. The number of H-pyrrole nitrogens is 1. The number of aromatic amines is 1. The number of rotatable bonds is 5. The Morgan fingerprint density at radius 1 is 1.30 bits per heavy atom. The molecule has 0 aliphatic rings. The number of fused-ring (bicyclic) bond motifs is 1. The fraction of sp³-hybridized carbons (Fsp3) is 0.263. The molecule has 1 unspecified atom stereocenters. The summed E-state index contributed by atoms with van der Waals surface area (Å²) in [5.41, 5.74) is 2.98. The second kappa shape index (κ2) is 6.71. The molecule has 0 amide bonds. The van der Waals surface area contributed by atoms with Gasteiger partial charge in [0.25, 0.3) is 0 Å². The summed E-state index contributed by atoms with van der Waals surface area (Å²) in [5.74, 6) is 0.121. The number of hydrogen-bond acceptors (Lipinski definition) is 5. The molecule has 138 valence electrons. The van der Waals surface area contributed by atoms with Crippen LogP contribution in [-0.4, -0.2) is 41.8 Å². The van der Waals surface area contributed by atoms with E-state index in [1.807, 2.05) is 38.4 Å². The van der Waals surface area contributed by atoms with Gasteiger partial charge < -0.3 is 9.72 Å². The lowest BCUT2D eigenvalue weighted by Gasteiger charge is -2.12. The first kappa shape index (κ1) is 17.0. The lowest BCUT2D eigenvalue weighted by atomic mass is 10.1. The minimum Gasteiger partial charge on any atom is -0.457 e. The van der Waals surface area contributed by atoms with Gasteiger partial charge in [-0.15, -0.1) is 5.10 Å². The third-order valence-corrected chi connectivity index (χ3v) is 4.49. The smallest absolute Gasteiger partial charge is 0.361 e. The van der Waals surface area contributed by atoms with Crippen LogP contribution in [0.3, 0.4) is 0 Å². The molecule has 0 radical (unpaired) electrons. The number of carbonyl (C=O) groups is 1. The van der Waals surface area contributed by atoms with Gasteiger partial charge >= 0.3 is 5.97 Å². The van der Waals surface area contributed by atoms with Crippen molar-refractivity contribution in [3.8, 4) is 5.82 Å². The number of carbonyl (C=O) groups excluding carboxylic acids is 1.